The smallest absolute Gasteiger partial charge is 0.311 e. The lowest BCUT2D eigenvalue weighted by atomic mass is 10.0. The fourth-order valence-corrected chi connectivity index (χ4v) is 2.68. The van der Waals surface area contributed by atoms with E-state index in [0.29, 0.717) is 13.0 Å². The van der Waals surface area contributed by atoms with Crippen molar-refractivity contribution in [3.63, 3.8) is 0 Å². The minimum Gasteiger partial charge on any atom is -0.481 e. The van der Waals surface area contributed by atoms with Gasteiger partial charge in [0.25, 0.3) is 0 Å². The number of carbonyl (C=O) groups excluding carboxylic acids is 1. The van der Waals surface area contributed by atoms with Gasteiger partial charge in [0.1, 0.15) is 11.2 Å². The minimum atomic E-state index is -3.51. The van der Waals surface area contributed by atoms with Crippen LogP contribution in [-0.4, -0.2) is 67.6 Å². The molecule has 1 saturated heterocycles. The van der Waals surface area contributed by atoms with Crippen molar-refractivity contribution in [2.24, 2.45) is 5.92 Å². The number of nitrogens with zero attached hydrogens (tertiary/aromatic N) is 1. The summed E-state index contributed by atoms with van der Waals surface area (Å²) in [6, 6.07) is -0.607. The molecule has 0 aromatic carbocycles. The number of aliphatic carboxylic acids is 1. The molecule has 1 aliphatic rings. The van der Waals surface area contributed by atoms with Crippen LogP contribution in [-0.2, 0) is 24.2 Å². The highest BCUT2D eigenvalue weighted by Gasteiger charge is 2.42. The summed E-state index contributed by atoms with van der Waals surface area (Å²) in [5.41, 5.74) is 0. The van der Waals surface area contributed by atoms with Gasteiger partial charge in [-0.3, -0.25) is 9.59 Å². The summed E-state index contributed by atoms with van der Waals surface area (Å²) in [4.78, 5) is 24.9. The van der Waals surface area contributed by atoms with Crippen LogP contribution in [0.25, 0.3) is 0 Å². The van der Waals surface area contributed by atoms with E-state index < -0.39 is 38.9 Å². The predicted molar refractivity (Wildman–Crippen MR) is 72.0 cm³/mol. The molecule has 3 unspecified atom stereocenters. The molecule has 1 heterocycles. The van der Waals surface area contributed by atoms with Gasteiger partial charge >= 0.3 is 5.97 Å². The Morgan fingerprint density at radius 3 is 2.45 bits per heavy atom. The summed E-state index contributed by atoms with van der Waals surface area (Å²) in [5.74, 6) is -2.40. The van der Waals surface area contributed by atoms with Crippen LogP contribution < -0.4 is 0 Å². The van der Waals surface area contributed by atoms with Crippen LogP contribution in [0, 0.1) is 5.92 Å². The lowest BCUT2D eigenvalue weighted by Gasteiger charge is -2.31. The molecule has 8 heteroatoms. The Morgan fingerprint density at radius 1 is 1.40 bits per heavy atom. The molecule has 1 fully saturated rings. The molecular weight excluding hydrogens is 286 g/mol. The Hall–Kier alpha value is -1.15. The first-order chi connectivity index (χ1) is 9.20. The first-order valence-electron chi connectivity index (χ1n) is 6.50. The van der Waals surface area contributed by atoms with Gasteiger partial charge in [0.15, 0.2) is 9.84 Å². The molecule has 1 aliphatic heterocycles. The Balaban J connectivity index is 2.99. The van der Waals surface area contributed by atoms with Gasteiger partial charge in [0, 0.05) is 12.8 Å². The quantitative estimate of drug-likeness (QED) is 0.726. The SMILES string of the molecule is CCCN(C(=O)C(C)S(C)(=O)=O)C1COCC1C(=O)O. The van der Waals surface area contributed by atoms with Gasteiger partial charge < -0.3 is 14.7 Å². The zero-order chi connectivity index (χ0) is 15.5. The molecule has 1 amide bonds. The highest BCUT2D eigenvalue weighted by molar-refractivity contribution is 7.92. The van der Waals surface area contributed by atoms with Gasteiger partial charge in [0.05, 0.1) is 19.3 Å². The number of hydrogen-bond donors (Lipinski definition) is 1. The summed E-state index contributed by atoms with van der Waals surface area (Å²) in [5, 5.41) is 7.97. The maximum atomic E-state index is 12.3. The van der Waals surface area contributed by atoms with Crippen molar-refractivity contribution in [1.29, 1.82) is 0 Å². The number of carboxylic acids is 1. The van der Waals surface area contributed by atoms with E-state index in [1.165, 1.54) is 11.8 Å². The van der Waals surface area contributed by atoms with Gasteiger partial charge in [-0.05, 0) is 13.3 Å². The maximum Gasteiger partial charge on any atom is 0.311 e. The lowest BCUT2D eigenvalue weighted by Crippen LogP contribution is -2.51. The van der Waals surface area contributed by atoms with E-state index in [2.05, 4.69) is 0 Å². The van der Waals surface area contributed by atoms with Gasteiger partial charge in [-0.2, -0.15) is 0 Å². The van der Waals surface area contributed by atoms with Crippen molar-refractivity contribution < 1.29 is 27.9 Å². The fraction of sp³-hybridized carbons (Fsp3) is 0.833. The van der Waals surface area contributed by atoms with Crippen molar-refractivity contribution >= 4 is 21.7 Å². The van der Waals surface area contributed by atoms with Crippen LogP contribution in [0.2, 0.25) is 0 Å². The molecule has 0 aromatic heterocycles. The molecule has 0 bridgehead atoms. The van der Waals surface area contributed by atoms with E-state index in [0.717, 1.165) is 6.26 Å². The molecule has 0 spiro atoms. The molecule has 7 nitrogen and oxygen atoms in total. The second kappa shape index (κ2) is 6.53. The third-order valence-electron chi connectivity index (χ3n) is 3.51. The average molecular weight is 307 g/mol. The van der Waals surface area contributed by atoms with Crippen LogP contribution in [0.15, 0.2) is 0 Å². The van der Waals surface area contributed by atoms with Crippen LogP contribution in [0.5, 0.6) is 0 Å². The van der Waals surface area contributed by atoms with Crippen molar-refractivity contribution in [3.05, 3.63) is 0 Å². The van der Waals surface area contributed by atoms with Gasteiger partial charge in [-0.1, -0.05) is 6.92 Å². The molecule has 0 aromatic rings. The molecule has 1 N–H and O–H groups in total. The highest BCUT2D eigenvalue weighted by Crippen LogP contribution is 2.22. The number of amides is 1. The van der Waals surface area contributed by atoms with Crippen LogP contribution in [0.4, 0.5) is 0 Å². The second-order valence-electron chi connectivity index (χ2n) is 5.05. The Morgan fingerprint density at radius 2 is 2.00 bits per heavy atom. The largest absolute Gasteiger partial charge is 0.481 e. The normalized spacial score (nSPS) is 24.4. The summed E-state index contributed by atoms with van der Waals surface area (Å²) >= 11 is 0. The van der Waals surface area contributed by atoms with E-state index in [4.69, 9.17) is 9.84 Å². The highest BCUT2D eigenvalue weighted by atomic mass is 32.2. The molecule has 0 saturated carbocycles. The van der Waals surface area contributed by atoms with Crippen molar-refractivity contribution in [2.75, 3.05) is 26.0 Å². The third kappa shape index (κ3) is 3.69. The number of sulfone groups is 1. The van der Waals surface area contributed by atoms with E-state index in [1.54, 1.807) is 0 Å². The topological polar surface area (TPSA) is 101 Å². The Bertz CT molecular complexity index is 474. The number of ether oxygens (including phenoxy) is 1. The Labute approximate surface area is 118 Å². The fourth-order valence-electron chi connectivity index (χ4n) is 2.18. The van der Waals surface area contributed by atoms with Gasteiger partial charge in [0.2, 0.25) is 5.91 Å². The molecular formula is C12H21NO6S. The zero-order valence-electron chi connectivity index (χ0n) is 11.9. The first kappa shape index (κ1) is 16.9. The summed E-state index contributed by atoms with van der Waals surface area (Å²) in [7, 11) is -3.51. The molecule has 3 atom stereocenters. The van der Waals surface area contributed by atoms with E-state index >= 15 is 0 Å². The van der Waals surface area contributed by atoms with E-state index in [-0.39, 0.29) is 13.2 Å². The van der Waals surface area contributed by atoms with Crippen molar-refractivity contribution in [2.45, 2.75) is 31.6 Å². The van der Waals surface area contributed by atoms with Crippen LogP contribution >= 0.6 is 0 Å². The second-order valence-corrected chi connectivity index (χ2v) is 7.42. The predicted octanol–water partition coefficient (Wildman–Crippen LogP) is -0.242. The lowest BCUT2D eigenvalue weighted by molar-refractivity contribution is -0.145. The number of carboxylic acid groups (broad SMARTS) is 1. The van der Waals surface area contributed by atoms with E-state index in [9.17, 15) is 18.0 Å². The number of carbonyl (C=O) groups is 2. The molecule has 116 valence electrons. The molecule has 0 radical (unpaired) electrons. The maximum absolute atomic E-state index is 12.3. The minimum absolute atomic E-state index is 0.0424. The standard InChI is InChI=1S/C12H21NO6S/c1-4-5-13(11(14)8(2)20(3,17)18)10-7-19-6-9(10)12(15)16/h8-10H,4-7H2,1-3H3,(H,15,16). The molecule has 20 heavy (non-hydrogen) atoms. The molecule has 0 aliphatic carbocycles. The monoisotopic (exact) mass is 307 g/mol. The first-order valence-corrected chi connectivity index (χ1v) is 8.45. The van der Waals surface area contributed by atoms with Gasteiger partial charge in [-0.15, -0.1) is 0 Å². The van der Waals surface area contributed by atoms with Crippen LogP contribution in [0.1, 0.15) is 20.3 Å². The molecule has 1 rings (SSSR count). The zero-order valence-corrected chi connectivity index (χ0v) is 12.7. The number of hydrogen-bond acceptors (Lipinski definition) is 5. The Kier molecular flexibility index (Phi) is 5.52. The summed E-state index contributed by atoms with van der Waals surface area (Å²) in [6.45, 7) is 3.65. The van der Waals surface area contributed by atoms with Gasteiger partial charge in [-0.25, -0.2) is 8.42 Å². The van der Waals surface area contributed by atoms with E-state index in [1.807, 2.05) is 6.92 Å². The van der Waals surface area contributed by atoms with Crippen molar-refractivity contribution in [1.82, 2.24) is 4.90 Å². The third-order valence-corrected chi connectivity index (χ3v) is 4.99. The summed E-state index contributed by atoms with van der Waals surface area (Å²) < 4.78 is 28.2. The van der Waals surface area contributed by atoms with Crippen LogP contribution in [0.3, 0.4) is 0 Å². The number of rotatable bonds is 6. The average Bonchev–Trinajstić information content (AvgIpc) is 2.82. The summed E-state index contributed by atoms with van der Waals surface area (Å²) in [6.07, 6.45) is 1.62. The van der Waals surface area contributed by atoms with Crippen molar-refractivity contribution in [3.8, 4) is 0 Å².